The van der Waals surface area contributed by atoms with E-state index in [0.29, 0.717) is 19.8 Å². The summed E-state index contributed by atoms with van der Waals surface area (Å²) in [6.07, 6.45) is 1.43. The molecule has 2 heterocycles. The Morgan fingerprint density at radius 1 is 1.53 bits per heavy atom. The zero-order chi connectivity index (χ0) is 10.7. The lowest BCUT2D eigenvalue weighted by molar-refractivity contribution is 0.0597. The Labute approximate surface area is 89.5 Å². The summed E-state index contributed by atoms with van der Waals surface area (Å²) in [6, 6.07) is 4.01. The van der Waals surface area contributed by atoms with Gasteiger partial charge in [0, 0.05) is 18.8 Å². The number of β-amino-alcohol motifs (C(OH)–C–C–N with tert-alkyl or cyclic N) is 1. The average Bonchev–Trinajstić information content (AvgIpc) is 2.44. The minimum absolute atomic E-state index is 0.409. The normalized spacial score (nSPS) is 22.5. The van der Waals surface area contributed by atoms with Gasteiger partial charge in [0.1, 0.15) is 0 Å². The maximum Gasteiger partial charge on any atom is 0.0948 e. The molecule has 1 atom stereocenters. The van der Waals surface area contributed by atoms with E-state index in [1.807, 2.05) is 25.3 Å². The number of aromatic nitrogens is 1. The van der Waals surface area contributed by atoms with Crippen molar-refractivity contribution >= 4 is 5.69 Å². The zero-order valence-corrected chi connectivity index (χ0v) is 8.89. The van der Waals surface area contributed by atoms with Crippen molar-refractivity contribution in [3.63, 3.8) is 0 Å². The summed E-state index contributed by atoms with van der Waals surface area (Å²) in [7, 11) is 0. The summed E-state index contributed by atoms with van der Waals surface area (Å²) >= 11 is 0. The molecule has 4 nitrogen and oxygen atoms in total. The molecule has 4 heteroatoms. The van der Waals surface area contributed by atoms with Crippen LogP contribution in [0.4, 0.5) is 5.69 Å². The van der Waals surface area contributed by atoms with Crippen LogP contribution in [0.3, 0.4) is 0 Å². The summed E-state index contributed by atoms with van der Waals surface area (Å²) in [5.74, 6) is 0. The highest BCUT2D eigenvalue weighted by atomic mass is 16.5. The van der Waals surface area contributed by atoms with Crippen molar-refractivity contribution in [2.24, 2.45) is 0 Å². The maximum absolute atomic E-state index is 9.59. The SMILES string of the molecule is Cc1ccc(N2CCOCC(O)C2)cn1. The van der Waals surface area contributed by atoms with E-state index in [4.69, 9.17) is 4.74 Å². The molecule has 1 aliphatic heterocycles. The fourth-order valence-electron chi connectivity index (χ4n) is 1.67. The number of hydrogen-bond donors (Lipinski definition) is 1. The molecule has 0 radical (unpaired) electrons. The monoisotopic (exact) mass is 208 g/mol. The molecule has 1 aliphatic rings. The molecule has 2 rings (SSSR count). The third-order valence-corrected chi connectivity index (χ3v) is 2.51. The van der Waals surface area contributed by atoms with Gasteiger partial charge in [-0.15, -0.1) is 0 Å². The Hall–Kier alpha value is -1.13. The predicted molar refractivity (Wildman–Crippen MR) is 58.0 cm³/mol. The third-order valence-electron chi connectivity index (χ3n) is 2.51. The molecule has 0 bridgehead atoms. The first-order valence-electron chi connectivity index (χ1n) is 5.19. The van der Waals surface area contributed by atoms with Crippen LogP contribution in [0.1, 0.15) is 5.69 Å². The van der Waals surface area contributed by atoms with Crippen LogP contribution in [0.25, 0.3) is 0 Å². The largest absolute Gasteiger partial charge is 0.389 e. The molecule has 1 fully saturated rings. The lowest BCUT2D eigenvalue weighted by Crippen LogP contribution is -2.32. The van der Waals surface area contributed by atoms with Gasteiger partial charge in [0.25, 0.3) is 0 Å². The maximum atomic E-state index is 9.59. The molecular weight excluding hydrogens is 192 g/mol. The molecule has 1 N–H and O–H groups in total. The van der Waals surface area contributed by atoms with Gasteiger partial charge >= 0.3 is 0 Å². The number of ether oxygens (including phenoxy) is 1. The van der Waals surface area contributed by atoms with Crippen LogP contribution in [-0.4, -0.2) is 42.5 Å². The second-order valence-corrected chi connectivity index (χ2v) is 3.83. The summed E-state index contributed by atoms with van der Waals surface area (Å²) < 4.78 is 5.27. The van der Waals surface area contributed by atoms with Crippen LogP contribution in [-0.2, 0) is 4.74 Å². The van der Waals surface area contributed by atoms with E-state index in [1.165, 1.54) is 0 Å². The predicted octanol–water partition coefficient (Wildman–Crippen LogP) is 0.588. The molecular formula is C11H16N2O2. The van der Waals surface area contributed by atoms with E-state index in [9.17, 15) is 5.11 Å². The molecule has 1 saturated heterocycles. The summed E-state index contributed by atoms with van der Waals surface area (Å²) in [5.41, 5.74) is 2.05. The first-order chi connectivity index (χ1) is 7.25. The minimum Gasteiger partial charge on any atom is -0.389 e. The molecule has 1 aromatic rings. The molecule has 15 heavy (non-hydrogen) atoms. The molecule has 0 saturated carbocycles. The number of aliphatic hydroxyl groups is 1. The second-order valence-electron chi connectivity index (χ2n) is 3.83. The number of aryl methyl sites for hydroxylation is 1. The summed E-state index contributed by atoms with van der Waals surface area (Å²) in [5, 5.41) is 9.59. The molecule has 0 aromatic carbocycles. The van der Waals surface area contributed by atoms with Gasteiger partial charge in [0.15, 0.2) is 0 Å². The molecule has 82 valence electrons. The van der Waals surface area contributed by atoms with Crippen LogP contribution in [0.15, 0.2) is 18.3 Å². The van der Waals surface area contributed by atoms with Crippen molar-refractivity contribution < 1.29 is 9.84 Å². The van der Waals surface area contributed by atoms with Crippen LogP contribution >= 0.6 is 0 Å². The van der Waals surface area contributed by atoms with Crippen molar-refractivity contribution in [3.8, 4) is 0 Å². The first kappa shape index (κ1) is 10.4. The van der Waals surface area contributed by atoms with Crippen molar-refractivity contribution in [1.82, 2.24) is 4.98 Å². The van der Waals surface area contributed by atoms with Crippen LogP contribution < -0.4 is 4.90 Å². The number of rotatable bonds is 1. The number of pyridine rings is 1. The third kappa shape index (κ3) is 2.67. The molecule has 0 amide bonds. The quantitative estimate of drug-likeness (QED) is 0.733. The van der Waals surface area contributed by atoms with Gasteiger partial charge < -0.3 is 14.7 Å². The van der Waals surface area contributed by atoms with E-state index in [1.54, 1.807) is 0 Å². The van der Waals surface area contributed by atoms with Gasteiger partial charge in [-0.3, -0.25) is 4.98 Å². The van der Waals surface area contributed by atoms with Gasteiger partial charge in [0.2, 0.25) is 0 Å². The second kappa shape index (κ2) is 4.59. The smallest absolute Gasteiger partial charge is 0.0948 e. The number of anilines is 1. The van der Waals surface area contributed by atoms with Gasteiger partial charge in [0.05, 0.1) is 31.2 Å². The standard InChI is InChI=1S/C11H16N2O2/c1-9-2-3-10(6-12-9)13-4-5-15-8-11(14)7-13/h2-3,6,11,14H,4-5,7-8H2,1H3. The Morgan fingerprint density at radius 3 is 3.13 bits per heavy atom. The van der Waals surface area contributed by atoms with Crippen molar-refractivity contribution in [1.29, 1.82) is 0 Å². The summed E-state index contributed by atoms with van der Waals surface area (Å²) in [6.45, 7) is 4.47. The Kier molecular flexibility index (Phi) is 3.18. The van der Waals surface area contributed by atoms with E-state index < -0.39 is 6.10 Å². The van der Waals surface area contributed by atoms with Crippen molar-refractivity contribution in [2.45, 2.75) is 13.0 Å². The van der Waals surface area contributed by atoms with Crippen LogP contribution in [0, 0.1) is 6.92 Å². The van der Waals surface area contributed by atoms with E-state index >= 15 is 0 Å². The topological polar surface area (TPSA) is 45.6 Å². The fraction of sp³-hybridized carbons (Fsp3) is 0.545. The summed E-state index contributed by atoms with van der Waals surface area (Å²) in [4.78, 5) is 6.35. The van der Waals surface area contributed by atoms with Gasteiger partial charge in [-0.05, 0) is 19.1 Å². The van der Waals surface area contributed by atoms with Gasteiger partial charge in [-0.2, -0.15) is 0 Å². The number of hydrogen-bond acceptors (Lipinski definition) is 4. The Morgan fingerprint density at radius 2 is 2.40 bits per heavy atom. The van der Waals surface area contributed by atoms with Crippen molar-refractivity contribution in [2.75, 3.05) is 31.2 Å². The molecule has 0 aliphatic carbocycles. The van der Waals surface area contributed by atoms with Crippen LogP contribution in [0.5, 0.6) is 0 Å². The lowest BCUT2D eigenvalue weighted by Gasteiger charge is -2.23. The lowest BCUT2D eigenvalue weighted by atomic mass is 10.3. The Balaban J connectivity index is 2.11. The van der Waals surface area contributed by atoms with E-state index in [-0.39, 0.29) is 0 Å². The molecule has 1 unspecified atom stereocenters. The number of aliphatic hydroxyl groups excluding tert-OH is 1. The van der Waals surface area contributed by atoms with Gasteiger partial charge in [-0.1, -0.05) is 0 Å². The zero-order valence-electron chi connectivity index (χ0n) is 8.89. The molecule has 0 spiro atoms. The van der Waals surface area contributed by atoms with Crippen molar-refractivity contribution in [3.05, 3.63) is 24.0 Å². The highest BCUT2D eigenvalue weighted by molar-refractivity contribution is 5.44. The van der Waals surface area contributed by atoms with E-state index in [2.05, 4.69) is 9.88 Å². The average molecular weight is 208 g/mol. The van der Waals surface area contributed by atoms with E-state index in [0.717, 1.165) is 17.9 Å². The Bertz CT molecular complexity index is 313. The number of nitrogens with zero attached hydrogens (tertiary/aromatic N) is 2. The highest BCUT2D eigenvalue weighted by Crippen LogP contribution is 2.14. The first-order valence-corrected chi connectivity index (χ1v) is 5.19. The highest BCUT2D eigenvalue weighted by Gasteiger charge is 2.16. The van der Waals surface area contributed by atoms with Gasteiger partial charge in [-0.25, -0.2) is 0 Å². The van der Waals surface area contributed by atoms with Crippen LogP contribution in [0.2, 0.25) is 0 Å². The minimum atomic E-state index is -0.409. The fourth-order valence-corrected chi connectivity index (χ4v) is 1.67. The molecule has 1 aromatic heterocycles.